The molecule has 0 saturated carbocycles. The van der Waals surface area contributed by atoms with Gasteiger partial charge in [0.1, 0.15) is 9.66 Å². The largest absolute Gasteiger partial charge is 0.294 e. The Balaban J connectivity index is 1.26. The van der Waals surface area contributed by atoms with Gasteiger partial charge >= 0.3 is 0 Å². The lowest BCUT2D eigenvalue weighted by Gasteiger charge is -2.13. The normalized spacial score (nSPS) is 11.4. The van der Waals surface area contributed by atoms with E-state index in [0.717, 1.165) is 43.0 Å². The van der Waals surface area contributed by atoms with Gasteiger partial charge in [-0.25, -0.2) is 9.97 Å². The summed E-state index contributed by atoms with van der Waals surface area (Å²) < 4.78 is 3.30. The average molecular weight is 559 g/mol. The Morgan fingerprint density at radius 3 is 1.38 bits per heavy atom. The van der Waals surface area contributed by atoms with E-state index in [-0.39, 0.29) is 11.1 Å². The standard InChI is InChI=1S/C32H22N4O2S2/c37-31-27-25(21-9-3-1-4-10-21)17-39-29(27)33-19-35(31)15-23-13-7-8-14-24(23)16-36-20-34-30-28(32(36)38)26(18-40-30)22-11-5-2-6-12-22/h1-14,17-20H,15-16H2. The first-order chi connectivity index (χ1) is 19.7. The lowest BCUT2D eigenvalue weighted by atomic mass is 10.1. The summed E-state index contributed by atoms with van der Waals surface area (Å²) in [7, 11) is 0. The third kappa shape index (κ3) is 4.27. The molecule has 0 aliphatic carbocycles. The van der Waals surface area contributed by atoms with Gasteiger partial charge in [-0.05, 0) is 22.3 Å². The Labute approximate surface area is 237 Å². The fourth-order valence-electron chi connectivity index (χ4n) is 5.05. The van der Waals surface area contributed by atoms with Crippen LogP contribution in [-0.2, 0) is 13.1 Å². The Hall–Kier alpha value is -4.66. The summed E-state index contributed by atoms with van der Waals surface area (Å²) in [4.78, 5) is 38.0. The first-order valence-corrected chi connectivity index (χ1v) is 14.5. The first kappa shape index (κ1) is 24.4. The SMILES string of the molecule is O=c1c2c(-c3ccccc3)csc2ncn1Cc1ccccc1Cn1cnc2scc(-c3ccccc3)c2c1=O. The Morgan fingerprint density at radius 1 is 0.550 bits per heavy atom. The van der Waals surface area contributed by atoms with Gasteiger partial charge in [0.2, 0.25) is 0 Å². The predicted octanol–water partition coefficient (Wildman–Crippen LogP) is 6.66. The van der Waals surface area contributed by atoms with Crippen molar-refractivity contribution in [3.05, 3.63) is 140 Å². The van der Waals surface area contributed by atoms with Crippen LogP contribution in [0.15, 0.2) is 118 Å². The lowest BCUT2D eigenvalue weighted by molar-refractivity contribution is 0.708. The monoisotopic (exact) mass is 558 g/mol. The Kier molecular flexibility index (Phi) is 6.18. The summed E-state index contributed by atoms with van der Waals surface area (Å²) in [6, 6.07) is 27.7. The molecule has 0 atom stereocenters. The van der Waals surface area contributed by atoms with Crippen LogP contribution in [0.4, 0.5) is 0 Å². The summed E-state index contributed by atoms with van der Waals surface area (Å²) in [6.45, 7) is 0.695. The molecule has 8 heteroatoms. The first-order valence-electron chi connectivity index (χ1n) is 12.8. The van der Waals surface area contributed by atoms with Crippen LogP contribution >= 0.6 is 22.7 Å². The second kappa shape index (κ2) is 10.1. The van der Waals surface area contributed by atoms with Gasteiger partial charge in [-0.1, -0.05) is 84.9 Å². The van der Waals surface area contributed by atoms with Gasteiger partial charge in [0.15, 0.2) is 0 Å². The highest BCUT2D eigenvalue weighted by Gasteiger charge is 2.16. The van der Waals surface area contributed by atoms with Crippen molar-refractivity contribution in [1.82, 2.24) is 19.1 Å². The van der Waals surface area contributed by atoms with Gasteiger partial charge < -0.3 is 0 Å². The molecule has 0 amide bonds. The van der Waals surface area contributed by atoms with Crippen molar-refractivity contribution in [2.24, 2.45) is 0 Å². The quantitative estimate of drug-likeness (QED) is 0.229. The molecule has 0 bridgehead atoms. The second-order valence-corrected chi connectivity index (χ2v) is 11.2. The summed E-state index contributed by atoms with van der Waals surface area (Å²) >= 11 is 2.95. The molecule has 0 spiro atoms. The van der Waals surface area contributed by atoms with Crippen LogP contribution < -0.4 is 11.1 Å². The zero-order chi connectivity index (χ0) is 27.1. The third-order valence-electron chi connectivity index (χ3n) is 7.09. The van der Waals surface area contributed by atoms with Crippen LogP contribution in [0.1, 0.15) is 11.1 Å². The number of aromatic nitrogens is 4. The summed E-state index contributed by atoms with van der Waals surface area (Å²) in [6.07, 6.45) is 3.23. The molecule has 6 nitrogen and oxygen atoms in total. The number of thiophene rings is 2. The van der Waals surface area contributed by atoms with E-state index in [4.69, 9.17) is 0 Å². The van der Waals surface area contributed by atoms with Crippen LogP contribution in [0.2, 0.25) is 0 Å². The smallest absolute Gasteiger partial charge is 0.263 e. The Morgan fingerprint density at radius 2 is 0.950 bits per heavy atom. The molecule has 194 valence electrons. The van der Waals surface area contributed by atoms with E-state index in [2.05, 4.69) is 9.97 Å². The molecule has 40 heavy (non-hydrogen) atoms. The summed E-state index contributed by atoms with van der Waals surface area (Å²) in [5.41, 5.74) is 5.53. The molecule has 0 saturated heterocycles. The average Bonchev–Trinajstić information content (AvgIpc) is 3.63. The molecule has 7 aromatic rings. The number of hydrogen-bond acceptors (Lipinski definition) is 6. The number of hydrogen-bond donors (Lipinski definition) is 0. The third-order valence-corrected chi connectivity index (χ3v) is 8.86. The van der Waals surface area contributed by atoms with E-state index in [1.807, 2.05) is 95.7 Å². The molecule has 0 aliphatic rings. The summed E-state index contributed by atoms with van der Waals surface area (Å²) in [5, 5.41) is 5.26. The van der Waals surface area contributed by atoms with Gasteiger partial charge in [-0.15, -0.1) is 22.7 Å². The lowest BCUT2D eigenvalue weighted by Crippen LogP contribution is -2.24. The molecule has 0 unspecified atom stereocenters. The zero-order valence-corrected chi connectivity index (χ0v) is 22.9. The van der Waals surface area contributed by atoms with Crippen molar-refractivity contribution in [2.45, 2.75) is 13.1 Å². The molecular formula is C32H22N4O2S2. The van der Waals surface area contributed by atoms with E-state index in [1.54, 1.807) is 21.8 Å². The van der Waals surface area contributed by atoms with Crippen LogP contribution in [0.3, 0.4) is 0 Å². The fraction of sp³-hybridized carbons (Fsp3) is 0.0625. The van der Waals surface area contributed by atoms with Gasteiger partial charge in [-0.3, -0.25) is 18.7 Å². The minimum Gasteiger partial charge on any atom is -0.294 e. The molecule has 0 radical (unpaired) electrons. The molecule has 7 rings (SSSR count). The van der Waals surface area contributed by atoms with E-state index in [1.165, 1.54) is 22.7 Å². The fourth-order valence-corrected chi connectivity index (χ4v) is 6.87. The van der Waals surface area contributed by atoms with E-state index in [0.29, 0.717) is 23.9 Å². The molecule has 0 fully saturated rings. The molecule has 0 aliphatic heterocycles. The molecule has 4 heterocycles. The van der Waals surface area contributed by atoms with Crippen LogP contribution in [-0.4, -0.2) is 19.1 Å². The van der Waals surface area contributed by atoms with Crippen LogP contribution in [0, 0.1) is 0 Å². The maximum absolute atomic E-state index is 13.7. The van der Waals surface area contributed by atoms with Gasteiger partial charge in [0.05, 0.1) is 36.5 Å². The van der Waals surface area contributed by atoms with E-state index < -0.39 is 0 Å². The minimum absolute atomic E-state index is 0.0778. The molecular weight excluding hydrogens is 537 g/mol. The van der Waals surface area contributed by atoms with Crippen LogP contribution in [0.25, 0.3) is 42.7 Å². The van der Waals surface area contributed by atoms with Crippen molar-refractivity contribution >= 4 is 43.1 Å². The Bertz CT molecular complexity index is 1960. The van der Waals surface area contributed by atoms with Crippen molar-refractivity contribution in [1.29, 1.82) is 0 Å². The number of rotatable bonds is 6. The molecule has 0 N–H and O–H groups in total. The number of fused-ring (bicyclic) bond motifs is 2. The minimum atomic E-state index is -0.0778. The van der Waals surface area contributed by atoms with Crippen molar-refractivity contribution in [3.63, 3.8) is 0 Å². The number of nitrogens with zero attached hydrogens (tertiary/aromatic N) is 4. The predicted molar refractivity (Wildman–Crippen MR) is 163 cm³/mol. The number of benzene rings is 3. The zero-order valence-electron chi connectivity index (χ0n) is 21.2. The molecule has 4 aromatic heterocycles. The van der Waals surface area contributed by atoms with Gasteiger partial charge in [-0.2, -0.15) is 0 Å². The van der Waals surface area contributed by atoms with Crippen molar-refractivity contribution in [3.8, 4) is 22.3 Å². The summed E-state index contributed by atoms with van der Waals surface area (Å²) in [5.74, 6) is 0. The van der Waals surface area contributed by atoms with Crippen LogP contribution in [0.5, 0.6) is 0 Å². The van der Waals surface area contributed by atoms with Gasteiger partial charge in [0.25, 0.3) is 11.1 Å². The van der Waals surface area contributed by atoms with Gasteiger partial charge in [0, 0.05) is 21.9 Å². The van der Waals surface area contributed by atoms with Crippen molar-refractivity contribution < 1.29 is 0 Å². The maximum atomic E-state index is 13.7. The highest BCUT2D eigenvalue weighted by atomic mass is 32.1. The van der Waals surface area contributed by atoms with E-state index in [9.17, 15) is 9.59 Å². The van der Waals surface area contributed by atoms with Crippen molar-refractivity contribution in [2.75, 3.05) is 0 Å². The topological polar surface area (TPSA) is 69.8 Å². The highest BCUT2D eigenvalue weighted by Crippen LogP contribution is 2.31. The molecule has 3 aromatic carbocycles. The maximum Gasteiger partial charge on any atom is 0.263 e. The highest BCUT2D eigenvalue weighted by molar-refractivity contribution is 7.17. The second-order valence-electron chi connectivity index (χ2n) is 9.52. The van der Waals surface area contributed by atoms with E-state index >= 15 is 0 Å².